The zero-order valence-corrected chi connectivity index (χ0v) is 5.79. The number of aryl methyl sites for hydroxylation is 1. The number of carbonyl (C=O) groups is 1. The van der Waals surface area contributed by atoms with Gasteiger partial charge in [0.15, 0.2) is 6.29 Å². The molecule has 1 aromatic rings. The molecule has 0 unspecified atom stereocenters. The Morgan fingerprint density at radius 2 is 2.30 bits per heavy atom. The van der Waals surface area contributed by atoms with Crippen LogP contribution in [0.2, 0.25) is 0 Å². The minimum atomic E-state index is -0.326. The van der Waals surface area contributed by atoms with Gasteiger partial charge in [0.25, 0.3) is 0 Å². The molecule has 4 nitrogen and oxygen atoms in total. The number of carbonyl (C=O) groups excluding carboxylic acids is 1. The number of aromatic nitrogens is 2. The van der Waals surface area contributed by atoms with Crippen molar-refractivity contribution in [3.8, 4) is 5.88 Å². The molecule has 0 fully saturated rings. The summed E-state index contributed by atoms with van der Waals surface area (Å²) < 4.78 is 1.34. The van der Waals surface area contributed by atoms with Crippen molar-refractivity contribution in [2.45, 2.75) is 6.92 Å². The van der Waals surface area contributed by atoms with Crippen LogP contribution in [0, 0.1) is 6.92 Å². The first-order chi connectivity index (χ1) is 4.66. The minimum absolute atomic E-state index is 0.0139. The fourth-order valence-corrected chi connectivity index (χ4v) is 0.693. The van der Waals surface area contributed by atoms with Crippen LogP contribution in [0.15, 0.2) is 0 Å². The fourth-order valence-electron chi connectivity index (χ4n) is 0.693. The molecule has 0 saturated carbocycles. The largest absolute Gasteiger partial charge is 0.858 e. The Bertz CT molecular complexity index is 265. The number of rotatable bonds is 1. The van der Waals surface area contributed by atoms with Gasteiger partial charge >= 0.3 is 0 Å². The molecule has 0 aliphatic rings. The van der Waals surface area contributed by atoms with Crippen LogP contribution in [0.4, 0.5) is 0 Å². The zero-order chi connectivity index (χ0) is 7.72. The van der Waals surface area contributed by atoms with Gasteiger partial charge in [-0.15, -0.1) is 0 Å². The Morgan fingerprint density at radius 3 is 2.50 bits per heavy atom. The van der Waals surface area contributed by atoms with Crippen LogP contribution < -0.4 is 5.11 Å². The van der Waals surface area contributed by atoms with Crippen molar-refractivity contribution in [1.29, 1.82) is 0 Å². The molecule has 1 aromatic heterocycles. The van der Waals surface area contributed by atoms with E-state index in [1.807, 2.05) is 0 Å². The van der Waals surface area contributed by atoms with Gasteiger partial charge in [0.1, 0.15) is 11.5 Å². The molecule has 4 heteroatoms. The van der Waals surface area contributed by atoms with Crippen molar-refractivity contribution in [1.82, 2.24) is 9.55 Å². The Labute approximate surface area is 58.1 Å². The van der Waals surface area contributed by atoms with Gasteiger partial charge in [0.05, 0.1) is 0 Å². The molecule has 0 radical (unpaired) electrons. The van der Waals surface area contributed by atoms with E-state index in [1.165, 1.54) is 4.57 Å². The molecule has 0 aliphatic heterocycles. The highest BCUT2D eigenvalue weighted by Crippen LogP contribution is 2.10. The molecule has 1 rings (SSSR count). The molecular weight excluding hydrogens is 132 g/mol. The molecule has 0 saturated heterocycles. The summed E-state index contributed by atoms with van der Waals surface area (Å²) in [5.74, 6) is 0.236. The lowest BCUT2D eigenvalue weighted by Crippen LogP contribution is -2.01. The zero-order valence-electron chi connectivity index (χ0n) is 5.79. The average molecular weight is 139 g/mol. The Morgan fingerprint density at radius 1 is 1.70 bits per heavy atom. The van der Waals surface area contributed by atoms with Crippen LogP contribution in [-0.4, -0.2) is 15.8 Å². The number of hydrogen-bond acceptors (Lipinski definition) is 3. The molecule has 0 bridgehead atoms. The molecule has 10 heavy (non-hydrogen) atoms. The summed E-state index contributed by atoms with van der Waals surface area (Å²) in [6.45, 7) is 1.67. The predicted octanol–water partition coefficient (Wildman–Crippen LogP) is -0.385. The maximum Gasteiger partial charge on any atom is 0.169 e. The molecule has 0 aliphatic carbocycles. The fraction of sp³-hybridized carbons (Fsp3) is 0.333. The topological polar surface area (TPSA) is 57.9 Å². The van der Waals surface area contributed by atoms with Gasteiger partial charge in [-0.2, -0.15) is 0 Å². The quantitative estimate of drug-likeness (QED) is 0.498. The monoisotopic (exact) mass is 139 g/mol. The third-order valence-electron chi connectivity index (χ3n) is 1.40. The lowest BCUT2D eigenvalue weighted by atomic mass is 10.5. The molecule has 54 valence electrons. The third-order valence-corrected chi connectivity index (χ3v) is 1.40. The highest BCUT2D eigenvalue weighted by atomic mass is 16.3. The van der Waals surface area contributed by atoms with E-state index in [9.17, 15) is 9.90 Å². The second-order valence-corrected chi connectivity index (χ2v) is 2.03. The van der Waals surface area contributed by atoms with Gasteiger partial charge in [0, 0.05) is 7.05 Å². The van der Waals surface area contributed by atoms with Crippen LogP contribution in [0.5, 0.6) is 5.88 Å². The van der Waals surface area contributed by atoms with Crippen molar-refractivity contribution in [3.05, 3.63) is 11.5 Å². The minimum Gasteiger partial charge on any atom is -0.858 e. The standard InChI is InChI=1S/C6H8N2O2/c1-4-7-5(3-9)6(10)8(4)2/h3,10H,1-2H3/p-1. The molecular formula is C6H7N2O2-. The van der Waals surface area contributed by atoms with Gasteiger partial charge in [0.2, 0.25) is 0 Å². The van der Waals surface area contributed by atoms with Crippen LogP contribution in [0.3, 0.4) is 0 Å². The normalized spacial score (nSPS) is 9.80. The van der Waals surface area contributed by atoms with Gasteiger partial charge in [-0.1, -0.05) is 0 Å². The van der Waals surface area contributed by atoms with Crippen molar-refractivity contribution in [2.75, 3.05) is 0 Å². The Kier molecular flexibility index (Phi) is 1.45. The van der Waals surface area contributed by atoms with Crippen molar-refractivity contribution in [2.24, 2.45) is 7.05 Å². The van der Waals surface area contributed by atoms with Crippen LogP contribution >= 0.6 is 0 Å². The molecule has 0 atom stereocenters. The van der Waals surface area contributed by atoms with Gasteiger partial charge in [-0.25, -0.2) is 4.98 Å². The van der Waals surface area contributed by atoms with Crippen molar-refractivity contribution < 1.29 is 9.90 Å². The molecule has 0 N–H and O–H groups in total. The summed E-state index contributed by atoms with van der Waals surface area (Å²) in [4.78, 5) is 13.8. The number of hydrogen-bond donors (Lipinski definition) is 0. The van der Waals surface area contributed by atoms with E-state index in [-0.39, 0.29) is 11.6 Å². The maximum atomic E-state index is 10.9. The summed E-state index contributed by atoms with van der Waals surface area (Å²) in [5.41, 5.74) is -0.0139. The molecule has 0 aromatic carbocycles. The van der Waals surface area contributed by atoms with Crippen LogP contribution in [0.1, 0.15) is 16.3 Å². The number of imidazole rings is 1. The molecule has 1 heterocycles. The van der Waals surface area contributed by atoms with Crippen LogP contribution in [-0.2, 0) is 7.05 Å². The predicted molar refractivity (Wildman–Crippen MR) is 32.8 cm³/mol. The second kappa shape index (κ2) is 2.13. The van der Waals surface area contributed by atoms with E-state index in [0.29, 0.717) is 12.1 Å². The van der Waals surface area contributed by atoms with Gasteiger partial charge in [-0.3, -0.25) is 4.79 Å². The first-order valence-electron chi connectivity index (χ1n) is 2.82. The summed E-state index contributed by atoms with van der Waals surface area (Å²) in [6, 6.07) is 0. The summed E-state index contributed by atoms with van der Waals surface area (Å²) >= 11 is 0. The highest BCUT2D eigenvalue weighted by Gasteiger charge is 2.00. The van der Waals surface area contributed by atoms with E-state index < -0.39 is 0 Å². The maximum absolute atomic E-state index is 10.9. The van der Waals surface area contributed by atoms with Gasteiger partial charge in [-0.05, 0) is 12.8 Å². The first kappa shape index (κ1) is 6.80. The highest BCUT2D eigenvalue weighted by molar-refractivity contribution is 5.75. The smallest absolute Gasteiger partial charge is 0.169 e. The van der Waals surface area contributed by atoms with E-state index in [1.54, 1.807) is 14.0 Å². The van der Waals surface area contributed by atoms with E-state index >= 15 is 0 Å². The Balaban J connectivity index is 3.30. The second-order valence-electron chi connectivity index (χ2n) is 2.03. The van der Waals surface area contributed by atoms with Crippen LogP contribution in [0.25, 0.3) is 0 Å². The SMILES string of the molecule is Cc1nc(C=O)c([O-])n1C. The summed E-state index contributed by atoms with van der Waals surface area (Å²) in [7, 11) is 1.58. The third kappa shape index (κ3) is 0.775. The number of aldehydes is 1. The van der Waals surface area contributed by atoms with Crippen molar-refractivity contribution in [3.63, 3.8) is 0 Å². The van der Waals surface area contributed by atoms with Crippen molar-refractivity contribution >= 4 is 6.29 Å². The van der Waals surface area contributed by atoms with E-state index in [0.717, 1.165) is 0 Å². The van der Waals surface area contributed by atoms with E-state index in [2.05, 4.69) is 4.98 Å². The lowest BCUT2D eigenvalue weighted by molar-refractivity contribution is -0.278. The number of nitrogens with zero attached hydrogens (tertiary/aromatic N) is 2. The average Bonchev–Trinajstić information content (AvgIpc) is 2.17. The molecule has 0 spiro atoms. The summed E-state index contributed by atoms with van der Waals surface area (Å²) in [6.07, 6.45) is 0.468. The summed E-state index contributed by atoms with van der Waals surface area (Å²) in [5, 5.41) is 10.9. The molecule has 0 amide bonds. The van der Waals surface area contributed by atoms with Gasteiger partial charge < -0.3 is 9.67 Å². The Hall–Kier alpha value is -1.32. The first-order valence-corrected chi connectivity index (χ1v) is 2.82. The van der Waals surface area contributed by atoms with E-state index in [4.69, 9.17) is 0 Å². The lowest BCUT2D eigenvalue weighted by Gasteiger charge is -2.05.